The summed E-state index contributed by atoms with van der Waals surface area (Å²) < 4.78 is 38.9. The number of piperidine rings is 1. The quantitative estimate of drug-likeness (QED) is 0.573. The van der Waals surface area contributed by atoms with Gasteiger partial charge in [0.05, 0.1) is 11.9 Å². The highest BCUT2D eigenvalue weighted by Crippen LogP contribution is 2.21. The average Bonchev–Trinajstić information content (AvgIpc) is 2.71. The van der Waals surface area contributed by atoms with Crippen molar-refractivity contribution in [2.24, 2.45) is 10.9 Å². The molecule has 0 radical (unpaired) electrons. The minimum atomic E-state index is -3.09. The molecule has 2 saturated heterocycles. The van der Waals surface area contributed by atoms with Gasteiger partial charge in [-0.1, -0.05) is 12.1 Å². The molecule has 0 aliphatic carbocycles. The molecule has 1 N–H and O–H groups in total. The van der Waals surface area contributed by atoms with Crippen LogP contribution in [0.4, 0.5) is 10.1 Å². The Balaban J connectivity index is 1.54. The minimum Gasteiger partial charge on any atom is -0.366 e. The van der Waals surface area contributed by atoms with Gasteiger partial charge in [-0.05, 0) is 37.8 Å². The van der Waals surface area contributed by atoms with Crippen LogP contribution in [0.25, 0.3) is 0 Å². The average molecular weight is 426 g/mol. The monoisotopic (exact) mass is 425 g/mol. The number of piperazine rings is 1. The zero-order chi connectivity index (χ0) is 20.9. The summed E-state index contributed by atoms with van der Waals surface area (Å²) in [6.45, 7) is 7.77. The molecule has 9 heteroatoms. The number of para-hydroxylation sites is 1. The Morgan fingerprint density at radius 3 is 2.38 bits per heavy atom. The van der Waals surface area contributed by atoms with Crippen LogP contribution in [0.1, 0.15) is 19.8 Å². The summed E-state index contributed by atoms with van der Waals surface area (Å²) in [7, 11) is -3.09. The van der Waals surface area contributed by atoms with Crippen LogP contribution < -0.4 is 10.2 Å². The van der Waals surface area contributed by atoms with E-state index in [0.717, 1.165) is 51.5 Å². The van der Waals surface area contributed by atoms with Crippen LogP contribution in [0.5, 0.6) is 0 Å². The standard InChI is InChI=1S/C20H32FN5O2S/c1-3-22-20(23-16-17-8-10-26(11-9-17)29(2,27)28)25-14-12-24(13-15-25)19-7-5-4-6-18(19)21/h4-7,17H,3,8-16H2,1-2H3,(H,22,23). The molecule has 3 rings (SSSR count). The number of nitrogens with one attached hydrogen (secondary N) is 1. The predicted molar refractivity (Wildman–Crippen MR) is 115 cm³/mol. The smallest absolute Gasteiger partial charge is 0.211 e. The van der Waals surface area contributed by atoms with Crippen molar-refractivity contribution in [3.8, 4) is 0 Å². The summed E-state index contributed by atoms with van der Waals surface area (Å²) in [5.41, 5.74) is 0.659. The van der Waals surface area contributed by atoms with Crippen molar-refractivity contribution in [3.63, 3.8) is 0 Å². The fraction of sp³-hybridized carbons (Fsp3) is 0.650. The molecule has 0 saturated carbocycles. The van der Waals surface area contributed by atoms with Crippen LogP contribution >= 0.6 is 0 Å². The highest BCUT2D eigenvalue weighted by molar-refractivity contribution is 7.88. The van der Waals surface area contributed by atoms with E-state index in [-0.39, 0.29) is 5.82 Å². The molecule has 1 aromatic rings. The fourth-order valence-corrected chi connectivity index (χ4v) is 4.81. The molecule has 0 unspecified atom stereocenters. The summed E-state index contributed by atoms with van der Waals surface area (Å²) in [4.78, 5) is 9.14. The van der Waals surface area contributed by atoms with Gasteiger partial charge in [-0.2, -0.15) is 0 Å². The molecule has 2 heterocycles. The number of aliphatic imine (C=N–C) groups is 1. The van der Waals surface area contributed by atoms with Crippen LogP contribution in [0.3, 0.4) is 0 Å². The van der Waals surface area contributed by atoms with Gasteiger partial charge in [0.1, 0.15) is 5.82 Å². The fourth-order valence-electron chi connectivity index (χ4n) is 3.93. The lowest BCUT2D eigenvalue weighted by molar-refractivity contribution is 0.279. The molecule has 29 heavy (non-hydrogen) atoms. The maximum atomic E-state index is 14.0. The van der Waals surface area contributed by atoms with Gasteiger partial charge in [0.25, 0.3) is 0 Å². The first-order valence-electron chi connectivity index (χ1n) is 10.4. The van der Waals surface area contributed by atoms with E-state index in [9.17, 15) is 12.8 Å². The van der Waals surface area contributed by atoms with Crippen molar-refractivity contribution in [2.75, 3.05) is 63.5 Å². The van der Waals surface area contributed by atoms with Gasteiger partial charge in [0.2, 0.25) is 10.0 Å². The molecule has 0 aromatic heterocycles. The van der Waals surface area contributed by atoms with Crippen LogP contribution in [0, 0.1) is 11.7 Å². The normalized spacial score (nSPS) is 20.2. The van der Waals surface area contributed by atoms with Crippen LogP contribution in [0.2, 0.25) is 0 Å². The molecule has 2 aliphatic heterocycles. The topological polar surface area (TPSA) is 68.2 Å². The Morgan fingerprint density at radius 2 is 1.79 bits per heavy atom. The molecule has 0 atom stereocenters. The number of hydrogen-bond donors (Lipinski definition) is 1. The van der Waals surface area contributed by atoms with Crippen molar-refractivity contribution in [2.45, 2.75) is 19.8 Å². The van der Waals surface area contributed by atoms with Gasteiger partial charge >= 0.3 is 0 Å². The number of guanidine groups is 1. The lowest BCUT2D eigenvalue weighted by Gasteiger charge is -2.38. The lowest BCUT2D eigenvalue weighted by atomic mass is 9.98. The molecule has 0 bridgehead atoms. The van der Waals surface area contributed by atoms with Crippen molar-refractivity contribution in [1.29, 1.82) is 0 Å². The second kappa shape index (κ2) is 9.75. The summed E-state index contributed by atoms with van der Waals surface area (Å²) in [6.07, 6.45) is 2.96. The first-order valence-corrected chi connectivity index (χ1v) is 12.2. The highest BCUT2D eigenvalue weighted by atomic mass is 32.2. The first kappa shape index (κ1) is 21.8. The molecule has 2 aliphatic rings. The van der Waals surface area contributed by atoms with Crippen molar-refractivity contribution < 1.29 is 12.8 Å². The summed E-state index contributed by atoms with van der Waals surface area (Å²) in [5, 5.41) is 3.37. The van der Waals surface area contributed by atoms with E-state index < -0.39 is 10.0 Å². The van der Waals surface area contributed by atoms with Gasteiger partial charge in [-0.25, -0.2) is 17.1 Å². The van der Waals surface area contributed by atoms with Gasteiger partial charge in [0.15, 0.2) is 5.96 Å². The SMILES string of the molecule is CCNC(=NCC1CCN(S(C)(=O)=O)CC1)N1CCN(c2ccccc2F)CC1. The second-order valence-corrected chi connectivity index (χ2v) is 9.71. The molecule has 7 nitrogen and oxygen atoms in total. The van der Waals surface area contributed by atoms with E-state index >= 15 is 0 Å². The van der Waals surface area contributed by atoms with Gasteiger partial charge in [-0.15, -0.1) is 0 Å². The van der Waals surface area contributed by atoms with Crippen LogP contribution in [-0.2, 0) is 10.0 Å². The summed E-state index contributed by atoms with van der Waals surface area (Å²) in [5.74, 6) is 1.12. The van der Waals surface area contributed by atoms with E-state index in [0.29, 0.717) is 31.2 Å². The first-order chi connectivity index (χ1) is 13.9. The zero-order valence-electron chi connectivity index (χ0n) is 17.3. The van der Waals surface area contributed by atoms with Crippen molar-refractivity contribution >= 4 is 21.7 Å². The van der Waals surface area contributed by atoms with Gasteiger partial charge in [0, 0.05) is 52.4 Å². The van der Waals surface area contributed by atoms with Crippen molar-refractivity contribution in [1.82, 2.24) is 14.5 Å². The summed E-state index contributed by atoms with van der Waals surface area (Å²) in [6, 6.07) is 6.91. The Labute approximate surface area is 173 Å². The number of nitrogens with zero attached hydrogens (tertiary/aromatic N) is 4. The van der Waals surface area contributed by atoms with Crippen LogP contribution in [0.15, 0.2) is 29.3 Å². The van der Waals surface area contributed by atoms with Crippen molar-refractivity contribution in [3.05, 3.63) is 30.1 Å². The summed E-state index contributed by atoms with van der Waals surface area (Å²) >= 11 is 0. The molecule has 0 spiro atoms. The Hall–Kier alpha value is -1.87. The lowest BCUT2D eigenvalue weighted by Crippen LogP contribution is -2.53. The van der Waals surface area contributed by atoms with Crippen LogP contribution in [-0.4, -0.2) is 82.2 Å². The third kappa shape index (κ3) is 5.82. The molecule has 1 aromatic carbocycles. The maximum Gasteiger partial charge on any atom is 0.211 e. The largest absolute Gasteiger partial charge is 0.366 e. The van der Waals surface area contributed by atoms with Gasteiger partial charge in [-0.3, -0.25) is 4.99 Å². The van der Waals surface area contributed by atoms with E-state index in [4.69, 9.17) is 4.99 Å². The highest BCUT2D eigenvalue weighted by Gasteiger charge is 2.25. The number of halogens is 1. The second-order valence-electron chi connectivity index (χ2n) is 7.73. The number of rotatable bonds is 5. The Kier molecular flexibility index (Phi) is 7.34. The van der Waals surface area contributed by atoms with E-state index in [1.807, 2.05) is 12.1 Å². The zero-order valence-corrected chi connectivity index (χ0v) is 18.2. The predicted octanol–water partition coefficient (Wildman–Crippen LogP) is 1.58. The third-order valence-electron chi connectivity index (χ3n) is 5.65. The number of sulfonamides is 1. The molecule has 162 valence electrons. The number of hydrogen-bond acceptors (Lipinski definition) is 4. The molecular weight excluding hydrogens is 393 g/mol. The molecule has 2 fully saturated rings. The molecule has 0 amide bonds. The van der Waals surface area contributed by atoms with E-state index in [1.54, 1.807) is 10.4 Å². The van der Waals surface area contributed by atoms with E-state index in [2.05, 4.69) is 22.0 Å². The number of benzene rings is 1. The third-order valence-corrected chi connectivity index (χ3v) is 6.95. The molecular formula is C20H32FN5O2S. The maximum absolute atomic E-state index is 14.0. The Bertz CT molecular complexity index is 801. The Morgan fingerprint density at radius 1 is 1.14 bits per heavy atom. The van der Waals surface area contributed by atoms with Gasteiger partial charge < -0.3 is 15.1 Å². The van der Waals surface area contributed by atoms with E-state index in [1.165, 1.54) is 12.3 Å². The minimum absolute atomic E-state index is 0.179. The number of anilines is 1.